The van der Waals surface area contributed by atoms with E-state index in [1.807, 2.05) is 6.07 Å². The molecule has 0 aliphatic rings. The van der Waals surface area contributed by atoms with Gasteiger partial charge in [0.15, 0.2) is 0 Å². The number of nitrogens with one attached hydrogen (secondary N) is 1. The molecule has 0 aliphatic heterocycles. The number of hydrogen-bond acceptors (Lipinski definition) is 2. The van der Waals surface area contributed by atoms with Crippen LogP contribution in [0, 0.1) is 0 Å². The van der Waals surface area contributed by atoms with Crippen molar-refractivity contribution in [2.75, 3.05) is 19.7 Å². The third-order valence-corrected chi connectivity index (χ3v) is 4.12. The normalized spacial score (nSPS) is 12.6. The van der Waals surface area contributed by atoms with Crippen molar-refractivity contribution in [3.8, 4) is 0 Å². The number of likely N-dealkylation sites (N-methyl/N-ethyl adjacent to an activating group) is 1. The van der Waals surface area contributed by atoms with Crippen LogP contribution < -0.4 is 5.32 Å². The summed E-state index contributed by atoms with van der Waals surface area (Å²) >= 11 is 3.62. The van der Waals surface area contributed by atoms with Gasteiger partial charge in [0.1, 0.15) is 0 Å². The highest BCUT2D eigenvalue weighted by Crippen LogP contribution is 2.25. The molecule has 0 saturated heterocycles. The van der Waals surface area contributed by atoms with Gasteiger partial charge in [-0.1, -0.05) is 73.7 Å². The first-order chi connectivity index (χ1) is 9.79. The van der Waals surface area contributed by atoms with E-state index in [0.717, 1.165) is 30.6 Å². The third-order valence-electron chi connectivity index (χ3n) is 3.40. The Morgan fingerprint density at radius 3 is 2.55 bits per heavy atom. The monoisotopic (exact) mass is 341 g/mol. The van der Waals surface area contributed by atoms with E-state index in [2.05, 4.69) is 53.3 Å². The fourth-order valence-corrected chi connectivity index (χ4v) is 2.74. The van der Waals surface area contributed by atoms with Crippen LogP contribution in [0.2, 0.25) is 0 Å². The molecule has 3 heteroatoms. The number of benzene rings is 1. The highest BCUT2D eigenvalue weighted by Gasteiger charge is 2.14. The molecule has 1 N–H and O–H groups in total. The highest BCUT2D eigenvalue weighted by molar-refractivity contribution is 9.10. The zero-order valence-corrected chi connectivity index (χ0v) is 14.4. The van der Waals surface area contributed by atoms with Gasteiger partial charge in [0.25, 0.3) is 0 Å². The van der Waals surface area contributed by atoms with Crippen molar-refractivity contribution < 1.29 is 4.74 Å². The Bertz CT molecular complexity index is 357. The van der Waals surface area contributed by atoms with E-state index in [1.165, 1.54) is 31.2 Å². The lowest BCUT2D eigenvalue weighted by atomic mass is 10.1. The lowest BCUT2D eigenvalue weighted by Crippen LogP contribution is -2.23. The van der Waals surface area contributed by atoms with Gasteiger partial charge in [-0.3, -0.25) is 0 Å². The summed E-state index contributed by atoms with van der Waals surface area (Å²) in [5, 5.41) is 3.39. The van der Waals surface area contributed by atoms with Gasteiger partial charge in [-0.15, -0.1) is 0 Å². The Hall–Kier alpha value is -0.380. The van der Waals surface area contributed by atoms with Crippen LogP contribution in [0.25, 0.3) is 0 Å². The highest BCUT2D eigenvalue weighted by atomic mass is 79.9. The molecule has 20 heavy (non-hydrogen) atoms. The molecule has 0 aliphatic carbocycles. The predicted octanol–water partition coefficient (Wildman–Crippen LogP) is 5.09. The van der Waals surface area contributed by atoms with Gasteiger partial charge in [-0.25, -0.2) is 0 Å². The van der Waals surface area contributed by atoms with Crippen molar-refractivity contribution in [3.63, 3.8) is 0 Å². The predicted molar refractivity (Wildman–Crippen MR) is 90.1 cm³/mol. The van der Waals surface area contributed by atoms with E-state index in [9.17, 15) is 0 Å². The second-order valence-electron chi connectivity index (χ2n) is 5.10. The Kier molecular flexibility index (Phi) is 9.98. The summed E-state index contributed by atoms with van der Waals surface area (Å²) in [4.78, 5) is 0. The Morgan fingerprint density at radius 1 is 1.10 bits per heavy atom. The van der Waals surface area contributed by atoms with Gasteiger partial charge in [0.05, 0.1) is 6.10 Å². The van der Waals surface area contributed by atoms with Crippen LogP contribution in [0.4, 0.5) is 0 Å². The Morgan fingerprint density at radius 2 is 1.85 bits per heavy atom. The van der Waals surface area contributed by atoms with Crippen molar-refractivity contribution in [2.45, 2.75) is 52.1 Å². The van der Waals surface area contributed by atoms with Crippen LogP contribution in [-0.4, -0.2) is 19.7 Å². The zero-order chi connectivity index (χ0) is 14.6. The number of hydrogen-bond donors (Lipinski definition) is 1. The van der Waals surface area contributed by atoms with E-state index >= 15 is 0 Å². The minimum absolute atomic E-state index is 0.136. The van der Waals surface area contributed by atoms with Gasteiger partial charge in [0, 0.05) is 17.6 Å². The van der Waals surface area contributed by atoms with Gasteiger partial charge in [-0.05, 0) is 24.6 Å². The molecule has 0 bridgehead atoms. The smallest absolute Gasteiger partial charge is 0.0960 e. The maximum Gasteiger partial charge on any atom is 0.0960 e. The molecule has 1 unspecified atom stereocenters. The maximum absolute atomic E-state index is 6.10. The molecule has 114 valence electrons. The molecule has 0 aromatic heterocycles. The molecule has 1 rings (SSSR count). The lowest BCUT2D eigenvalue weighted by molar-refractivity contribution is 0.0497. The first-order valence-electron chi connectivity index (χ1n) is 7.86. The molecule has 0 fully saturated rings. The van der Waals surface area contributed by atoms with Crippen LogP contribution in [0.3, 0.4) is 0 Å². The quantitative estimate of drug-likeness (QED) is 0.566. The zero-order valence-electron chi connectivity index (χ0n) is 12.8. The largest absolute Gasteiger partial charge is 0.372 e. The average Bonchev–Trinajstić information content (AvgIpc) is 2.47. The van der Waals surface area contributed by atoms with E-state index in [0.29, 0.717) is 0 Å². The molecule has 0 amide bonds. The number of rotatable bonds is 11. The average molecular weight is 342 g/mol. The van der Waals surface area contributed by atoms with Crippen LogP contribution in [0.1, 0.15) is 57.6 Å². The molecular weight excluding hydrogens is 314 g/mol. The molecule has 1 atom stereocenters. The van der Waals surface area contributed by atoms with Gasteiger partial charge >= 0.3 is 0 Å². The molecule has 0 heterocycles. The van der Waals surface area contributed by atoms with E-state index in [-0.39, 0.29) is 6.10 Å². The maximum atomic E-state index is 6.10. The van der Waals surface area contributed by atoms with Crippen molar-refractivity contribution in [2.24, 2.45) is 0 Å². The van der Waals surface area contributed by atoms with E-state index in [4.69, 9.17) is 4.74 Å². The minimum Gasteiger partial charge on any atom is -0.372 e. The summed E-state index contributed by atoms with van der Waals surface area (Å²) in [5.74, 6) is 0. The van der Waals surface area contributed by atoms with Gasteiger partial charge < -0.3 is 10.1 Å². The van der Waals surface area contributed by atoms with E-state index in [1.54, 1.807) is 0 Å². The first-order valence-corrected chi connectivity index (χ1v) is 8.65. The minimum atomic E-state index is 0.136. The van der Waals surface area contributed by atoms with Crippen molar-refractivity contribution in [3.05, 3.63) is 34.3 Å². The molecule has 0 spiro atoms. The second-order valence-corrected chi connectivity index (χ2v) is 5.96. The summed E-state index contributed by atoms with van der Waals surface area (Å²) in [6.07, 6.45) is 6.53. The fraction of sp³-hybridized carbons (Fsp3) is 0.647. The first kappa shape index (κ1) is 17.7. The molecule has 0 saturated carbocycles. The van der Waals surface area contributed by atoms with Crippen LogP contribution in [0.15, 0.2) is 28.7 Å². The Labute approximate surface area is 132 Å². The van der Waals surface area contributed by atoms with Crippen LogP contribution >= 0.6 is 15.9 Å². The molecule has 1 aromatic rings. The van der Waals surface area contributed by atoms with E-state index < -0.39 is 0 Å². The standard InChI is InChI=1S/C17H28BrNO/c1-3-5-6-7-10-13-20-17(14-19-4-2)15-11-8-9-12-16(15)18/h8-9,11-12,17,19H,3-7,10,13-14H2,1-2H3. The lowest BCUT2D eigenvalue weighted by Gasteiger charge is -2.20. The fourth-order valence-electron chi connectivity index (χ4n) is 2.20. The number of ether oxygens (including phenoxy) is 1. The summed E-state index contributed by atoms with van der Waals surface area (Å²) in [6.45, 7) is 7.06. The van der Waals surface area contributed by atoms with Crippen molar-refractivity contribution >= 4 is 15.9 Å². The van der Waals surface area contributed by atoms with Gasteiger partial charge in [0.2, 0.25) is 0 Å². The number of halogens is 1. The van der Waals surface area contributed by atoms with Crippen LogP contribution in [-0.2, 0) is 4.74 Å². The third kappa shape index (κ3) is 6.87. The summed E-state index contributed by atoms with van der Waals surface area (Å²) in [7, 11) is 0. The van der Waals surface area contributed by atoms with Crippen molar-refractivity contribution in [1.82, 2.24) is 5.32 Å². The molecule has 1 aromatic carbocycles. The SMILES string of the molecule is CCCCCCCOC(CNCC)c1ccccc1Br. The summed E-state index contributed by atoms with van der Waals surface area (Å²) in [5.41, 5.74) is 1.24. The summed E-state index contributed by atoms with van der Waals surface area (Å²) in [6, 6.07) is 8.34. The number of unbranched alkanes of at least 4 members (excludes halogenated alkanes) is 4. The van der Waals surface area contributed by atoms with Crippen molar-refractivity contribution in [1.29, 1.82) is 0 Å². The second kappa shape index (κ2) is 11.3. The molecular formula is C17H28BrNO. The van der Waals surface area contributed by atoms with Gasteiger partial charge in [-0.2, -0.15) is 0 Å². The molecule has 0 radical (unpaired) electrons. The van der Waals surface area contributed by atoms with Crippen LogP contribution in [0.5, 0.6) is 0 Å². The Balaban J connectivity index is 2.42. The summed E-state index contributed by atoms with van der Waals surface area (Å²) < 4.78 is 7.23. The molecule has 2 nitrogen and oxygen atoms in total. The topological polar surface area (TPSA) is 21.3 Å².